The molecular weight excluding hydrogens is 216 g/mol. The zero-order valence-electron chi connectivity index (χ0n) is 10.4. The lowest BCUT2D eigenvalue weighted by Crippen LogP contribution is -2.24. The van der Waals surface area contributed by atoms with E-state index in [9.17, 15) is 4.79 Å². The first-order valence-corrected chi connectivity index (χ1v) is 5.83. The molecule has 1 unspecified atom stereocenters. The van der Waals surface area contributed by atoms with Crippen LogP contribution >= 0.6 is 0 Å². The number of nitrogens with zero attached hydrogens (tertiary/aromatic N) is 1. The van der Waals surface area contributed by atoms with Gasteiger partial charge in [0.25, 0.3) is 0 Å². The van der Waals surface area contributed by atoms with Crippen molar-refractivity contribution in [3.63, 3.8) is 0 Å². The van der Waals surface area contributed by atoms with Gasteiger partial charge in [-0.3, -0.25) is 0 Å². The second-order valence-corrected chi connectivity index (χ2v) is 4.02. The predicted octanol–water partition coefficient (Wildman–Crippen LogP) is 2.16. The Kier molecular flexibility index (Phi) is 5.49. The molecule has 0 saturated heterocycles. The molecule has 4 nitrogen and oxygen atoms in total. The molecule has 1 atom stereocenters. The van der Waals surface area contributed by atoms with Crippen molar-refractivity contribution < 1.29 is 9.53 Å². The highest BCUT2D eigenvalue weighted by Gasteiger charge is 2.15. The van der Waals surface area contributed by atoms with E-state index in [0.717, 1.165) is 25.1 Å². The Labute approximate surface area is 102 Å². The van der Waals surface area contributed by atoms with Gasteiger partial charge in [-0.1, -0.05) is 37.3 Å². The third-order valence-corrected chi connectivity index (χ3v) is 2.74. The van der Waals surface area contributed by atoms with Crippen molar-refractivity contribution in [3.05, 3.63) is 35.9 Å². The number of primary amides is 1. The summed E-state index contributed by atoms with van der Waals surface area (Å²) < 4.78 is 5.14. The van der Waals surface area contributed by atoms with E-state index in [0.29, 0.717) is 0 Å². The lowest BCUT2D eigenvalue weighted by molar-refractivity contribution is 0.0947. The first kappa shape index (κ1) is 13.5. The molecule has 0 heterocycles. The minimum Gasteiger partial charge on any atom is -0.441 e. The number of carbonyl (C=O) groups is 1. The summed E-state index contributed by atoms with van der Waals surface area (Å²) in [6.45, 7) is 3.92. The molecule has 0 saturated carbocycles. The van der Waals surface area contributed by atoms with E-state index in [2.05, 4.69) is 11.8 Å². The van der Waals surface area contributed by atoms with E-state index < -0.39 is 6.09 Å². The van der Waals surface area contributed by atoms with Gasteiger partial charge in [-0.2, -0.15) is 0 Å². The normalized spacial score (nSPS) is 12.4. The van der Waals surface area contributed by atoms with Crippen LogP contribution in [0, 0.1) is 0 Å². The van der Waals surface area contributed by atoms with Gasteiger partial charge in [-0.15, -0.1) is 0 Å². The maximum atomic E-state index is 10.9. The standard InChI is InChI=1S/C13H20N2O2/c1-3-15(2)10-9-12(17-13(14)16)11-7-5-4-6-8-11/h4-8,12H,3,9-10H2,1-2H3,(H2,14,16). The zero-order valence-corrected chi connectivity index (χ0v) is 10.4. The Morgan fingerprint density at radius 1 is 1.41 bits per heavy atom. The molecule has 2 N–H and O–H groups in total. The minimum absolute atomic E-state index is 0.261. The molecule has 0 aliphatic rings. The Bertz CT molecular complexity index is 341. The number of carbonyl (C=O) groups excluding carboxylic acids is 1. The van der Waals surface area contributed by atoms with E-state index in [-0.39, 0.29) is 6.10 Å². The number of ether oxygens (including phenoxy) is 1. The average Bonchev–Trinajstić information content (AvgIpc) is 2.34. The van der Waals surface area contributed by atoms with Crippen LogP contribution in [0.25, 0.3) is 0 Å². The second kappa shape index (κ2) is 6.91. The molecule has 0 fully saturated rings. The molecule has 4 heteroatoms. The molecular formula is C13H20N2O2. The van der Waals surface area contributed by atoms with E-state index >= 15 is 0 Å². The monoisotopic (exact) mass is 236 g/mol. The number of hydrogen-bond acceptors (Lipinski definition) is 3. The van der Waals surface area contributed by atoms with Gasteiger partial charge in [0.05, 0.1) is 0 Å². The summed E-state index contributed by atoms with van der Waals surface area (Å²) in [5.41, 5.74) is 6.08. The smallest absolute Gasteiger partial charge is 0.405 e. The van der Waals surface area contributed by atoms with E-state index in [1.807, 2.05) is 37.4 Å². The van der Waals surface area contributed by atoms with Crippen LogP contribution in [0.3, 0.4) is 0 Å². The lowest BCUT2D eigenvalue weighted by Gasteiger charge is -2.20. The summed E-state index contributed by atoms with van der Waals surface area (Å²) in [6.07, 6.45) is -0.238. The molecule has 0 spiro atoms. The summed E-state index contributed by atoms with van der Waals surface area (Å²) in [7, 11) is 2.03. The van der Waals surface area contributed by atoms with Crippen molar-refractivity contribution in [1.82, 2.24) is 4.90 Å². The third-order valence-electron chi connectivity index (χ3n) is 2.74. The molecule has 0 aliphatic carbocycles. The first-order valence-electron chi connectivity index (χ1n) is 5.83. The summed E-state index contributed by atoms with van der Waals surface area (Å²) in [5.74, 6) is 0. The SMILES string of the molecule is CCN(C)CCC(OC(N)=O)c1ccccc1. The van der Waals surface area contributed by atoms with Gasteiger partial charge in [-0.05, 0) is 19.2 Å². The molecule has 0 radical (unpaired) electrons. The molecule has 0 aliphatic heterocycles. The van der Waals surface area contributed by atoms with Crippen LogP contribution < -0.4 is 5.73 Å². The van der Waals surface area contributed by atoms with Gasteiger partial charge >= 0.3 is 6.09 Å². The van der Waals surface area contributed by atoms with Crippen LogP contribution in [0.4, 0.5) is 4.79 Å². The molecule has 94 valence electrons. The molecule has 1 aromatic rings. The predicted molar refractivity (Wildman–Crippen MR) is 67.6 cm³/mol. The van der Waals surface area contributed by atoms with Gasteiger partial charge in [0.15, 0.2) is 0 Å². The van der Waals surface area contributed by atoms with Crippen LogP contribution in [0.1, 0.15) is 25.0 Å². The van der Waals surface area contributed by atoms with Gasteiger partial charge in [0.1, 0.15) is 6.10 Å². The van der Waals surface area contributed by atoms with Crippen LogP contribution in [0.15, 0.2) is 30.3 Å². The highest BCUT2D eigenvalue weighted by Crippen LogP contribution is 2.21. The summed E-state index contributed by atoms with van der Waals surface area (Å²) >= 11 is 0. The fourth-order valence-electron chi connectivity index (χ4n) is 1.60. The van der Waals surface area contributed by atoms with Crippen molar-refractivity contribution in [1.29, 1.82) is 0 Å². The maximum absolute atomic E-state index is 10.9. The van der Waals surface area contributed by atoms with Crippen molar-refractivity contribution >= 4 is 6.09 Å². The molecule has 0 aromatic heterocycles. The van der Waals surface area contributed by atoms with Gasteiger partial charge in [0.2, 0.25) is 0 Å². The largest absolute Gasteiger partial charge is 0.441 e. The molecule has 0 bridgehead atoms. The highest BCUT2D eigenvalue weighted by atomic mass is 16.6. The number of nitrogens with two attached hydrogens (primary N) is 1. The number of benzene rings is 1. The Hall–Kier alpha value is -1.55. The van der Waals surface area contributed by atoms with Crippen LogP contribution in [-0.2, 0) is 4.74 Å². The lowest BCUT2D eigenvalue weighted by atomic mass is 10.1. The van der Waals surface area contributed by atoms with Crippen LogP contribution in [0.2, 0.25) is 0 Å². The summed E-state index contributed by atoms with van der Waals surface area (Å²) in [5, 5.41) is 0. The molecule has 17 heavy (non-hydrogen) atoms. The van der Waals surface area contributed by atoms with Crippen molar-refractivity contribution in [3.8, 4) is 0 Å². The maximum Gasteiger partial charge on any atom is 0.405 e. The van der Waals surface area contributed by atoms with Crippen LogP contribution in [-0.4, -0.2) is 31.1 Å². The van der Waals surface area contributed by atoms with Crippen LogP contribution in [0.5, 0.6) is 0 Å². The second-order valence-electron chi connectivity index (χ2n) is 4.02. The van der Waals surface area contributed by atoms with Crippen molar-refractivity contribution in [2.24, 2.45) is 5.73 Å². The van der Waals surface area contributed by atoms with Gasteiger partial charge < -0.3 is 15.4 Å². The third kappa shape index (κ3) is 4.87. The summed E-state index contributed by atoms with van der Waals surface area (Å²) in [4.78, 5) is 13.1. The molecule has 1 aromatic carbocycles. The Morgan fingerprint density at radius 3 is 2.59 bits per heavy atom. The average molecular weight is 236 g/mol. The van der Waals surface area contributed by atoms with E-state index in [1.54, 1.807) is 0 Å². The Morgan fingerprint density at radius 2 is 2.06 bits per heavy atom. The molecule has 1 amide bonds. The minimum atomic E-state index is -0.724. The first-order chi connectivity index (χ1) is 8.13. The topological polar surface area (TPSA) is 55.6 Å². The van der Waals surface area contributed by atoms with Crippen molar-refractivity contribution in [2.75, 3.05) is 20.1 Å². The zero-order chi connectivity index (χ0) is 12.7. The number of hydrogen-bond donors (Lipinski definition) is 1. The summed E-state index contributed by atoms with van der Waals surface area (Å²) in [6, 6.07) is 9.68. The Balaban J connectivity index is 2.64. The highest BCUT2D eigenvalue weighted by molar-refractivity contribution is 5.65. The van der Waals surface area contributed by atoms with Gasteiger partial charge in [0, 0.05) is 13.0 Å². The fourth-order valence-corrected chi connectivity index (χ4v) is 1.60. The van der Waals surface area contributed by atoms with Gasteiger partial charge in [-0.25, -0.2) is 4.79 Å². The number of amides is 1. The van der Waals surface area contributed by atoms with E-state index in [4.69, 9.17) is 10.5 Å². The van der Waals surface area contributed by atoms with E-state index in [1.165, 1.54) is 0 Å². The fraction of sp³-hybridized carbons (Fsp3) is 0.462. The van der Waals surface area contributed by atoms with Crippen molar-refractivity contribution in [2.45, 2.75) is 19.4 Å². The quantitative estimate of drug-likeness (QED) is 0.823. The molecule has 1 rings (SSSR count). The number of rotatable bonds is 6.